The first-order chi connectivity index (χ1) is 8.37. The molecular formula is C14H28N2O2. The average molecular weight is 256 g/mol. The molecule has 0 heterocycles. The maximum Gasteiger partial charge on any atom is 0.246 e. The Labute approximate surface area is 111 Å². The van der Waals surface area contributed by atoms with Crippen molar-refractivity contribution in [2.75, 3.05) is 13.2 Å². The molecule has 1 amide bonds. The Morgan fingerprint density at radius 1 is 1.22 bits per heavy atom. The molecule has 18 heavy (non-hydrogen) atoms. The Kier molecular flexibility index (Phi) is 5.60. The van der Waals surface area contributed by atoms with Crippen LogP contribution in [-0.2, 0) is 9.53 Å². The van der Waals surface area contributed by atoms with E-state index in [2.05, 4.69) is 5.32 Å². The van der Waals surface area contributed by atoms with Crippen LogP contribution >= 0.6 is 0 Å². The fraction of sp³-hybridized carbons (Fsp3) is 0.929. The van der Waals surface area contributed by atoms with Crippen LogP contribution in [0.15, 0.2) is 0 Å². The lowest BCUT2D eigenvalue weighted by Crippen LogP contribution is -2.46. The van der Waals surface area contributed by atoms with Gasteiger partial charge in [-0.05, 0) is 33.6 Å². The smallest absolute Gasteiger partial charge is 0.246 e. The monoisotopic (exact) mass is 256 g/mol. The van der Waals surface area contributed by atoms with Crippen LogP contribution in [0.1, 0.15) is 59.3 Å². The zero-order chi connectivity index (χ0) is 13.6. The van der Waals surface area contributed by atoms with E-state index in [1.165, 1.54) is 12.8 Å². The van der Waals surface area contributed by atoms with Crippen LogP contribution in [0.5, 0.6) is 0 Å². The Balaban J connectivity index is 2.45. The fourth-order valence-electron chi connectivity index (χ4n) is 2.45. The van der Waals surface area contributed by atoms with E-state index in [-0.39, 0.29) is 23.7 Å². The van der Waals surface area contributed by atoms with Crippen LogP contribution in [-0.4, -0.2) is 30.2 Å². The number of nitrogens with two attached hydrogens (primary N) is 1. The molecule has 1 aliphatic rings. The lowest BCUT2D eigenvalue weighted by Gasteiger charge is -2.32. The summed E-state index contributed by atoms with van der Waals surface area (Å²) in [5.41, 5.74) is 5.38. The number of hydrogen-bond donors (Lipinski definition) is 2. The van der Waals surface area contributed by atoms with Crippen molar-refractivity contribution >= 4 is 5.91 Å². The fourth-order valence-corrected chi connectivity index (χ4v) is 2.45. The van der Waals surface area contributed by atoms with Crippen molar-refractivity contribution in [1.29, 1.82) is 0 Å². The van der Waals surface area contributed by atoms with E-state index in [0.29, 0.717) is 6.54 Å². The van der Waals surface area contributed by atoms with Gasteiger partial charge in [0.1, 0.15) is 6.61 Å². The minimum atomic E-state index is -0.272. The van der Waals surface area contributed by atoms with Gasteiger partial charge in [-0.1, -0.05) is 25.7 Å². The molecule has 106 valence electrons. The molecule has 4 heteroatoms. The topological polar surface area (TPSA) is 64.3 Å². The van der Waals surface area contributed by atoms with Crippen molar-refractivity contribution in [3.05, 3.63) is 0 Å². The molecule has 1 fully saturated rings. The zero-order valence-electron chi connectivity index (χ0n) is 12.1. The van der Waals surface area contributed by atoms with Crippen LogP contribution in [0.25, 0.3) is 0 Å². The normalized spacial score (nSPS) is 20.2. The Morgan fingerprint density at radius 2 is 1.78 bits per heavy atom. The first-order valence-corrected chi connectivity index (χ1v) is 7.02. The van der Waals surface area contributed by atoms with Gasteiger partial charge in [-0.2, -0.15) is 0 Å². The third-order valence-electron chi connectivity index (χ3n) is 3.41. The molecule has 4 nitrogen and oxygen atoms in total. The molecule has 0 aromatic rings. The van der Waals surface area contributed by atoms with E-state index in [0.717, 1.165) is 25.7 Å². The summed E-state index contributed by atoms with van der Waals surface area (Å²) in [6.07, 6.45) is 6.76. The van der Waals surface area contributed by atoms with E-state index < -0.39 is 0 Å². The first kappa shape index (κ1) is 15.4. The molecule has 0 aromatic heterocycles. The summed E-state index contributed by atoms with van der Waals surface area (Å²) in [5, 5.41) is 2.91. The largest absolute Gasteiger partial charge is 0.364 e. The quantitative estimate of drug-likeness (QED) is 0.756. The molecule has 1 saturated carbocycles. The van der Waals surface area contributed by atoms with E-state index in [1.807, 2.05) is 20.8 Å². The molecule has 0 spiro atoms. The Morgan fingerprint density at radius 3 is 2.22 bits per heavy atom. The number of hydrogen-bond acceptors (Lipinski definition) is 3. The number of nitrogens with one attached hydrogen (secondary N) is 1. The summed E-state index contributed by atoms with van der Waals surface area (Å²) >= 11 is 0. The van der Waals surface area contributed by atoms with Crippen LogP contribution in [0.2, 0.25) is 0 Å². The first-order valence-electron chi connectivity index (χ1n) is 7.02. The zero-order valence-corrected chi connectivity index (χ0v) is 12.1. The highest BCUT2D eigenvalue weighted by Gasteiger charge is 2.31. The molecular weight excluding hydrogens is 228 g/mol. The van der Waals surface area contributed by atoms with Gasteiger partial charge in [-0.3, -0.25) is 4.79 Å². The highest BCUT2D eigenvalue weighted by atomic mass is 16.5. The summed E-state index contributed by atoms with van der Waals surface area (Å²) in [5.74, 6) is -0.0560. The maximum absolute atomic E-state index is 11.8. The van der Waals surface area contributed by atoms with Gasteiger partial charge in [0.05, 0.1) is 5.60 Å². The van der Waals surface area contributed by atoms with Gasteiger partial charge >= 0.3 is 0 Å². The number of carbonyl (C=O) groups is 1. The molecule has 0 aliphatic heterocycles. The van der Waals surface area contributed by atoms with Gasteiger partial charge in [-0.25, -0.2) is 0 Å². The van der Waals surface area contributed by atoms with Crippen LogP contribution in [0, 0.1) is 0 Å². The minimum Gasteiger partial charge on any atom is -0.364 e. The van der Waals surface area contributed by atoms with Crippen molar-refractivity contribution in [1.82, 2.24) is 5.32 Å². The molecule has 1 rings (SSSR count). The number of ether oxygens (including phenoxy) is 1. The molecule has 0 atom stereocenters. The van der Waals surface area contributed by atoms with Gasteiger partial charge < -0.3 is 15.8 Å². The summed E-state index contributed by atoms with van der Waals surface area (Å²) in [6, 6.07) is 0. The van der Waals surface area contributed by atoms with Gasteiger partial charge in [-0.15, -0.1) is 0 Å². The SMILES string of the molecule is CC(C)(C)NC(=O)COC1(CN)CCCCCC1. The average Bonchev–Trinajstić information content (AvgIpc) is 2.50. The molecule has 3 N–H and O–H groups in total. The van der Waals surface area contributed by atoms with Crippen molar-refractivity contribution in [2.24, 2.45) is 5.73 Å². The van der Waals surface area contributed by atoms with E-state index in [4.69, 9.17) is 10.5 Å². The summed E-state index contributed by atoms with van der Waals surface area (Å²) < 4.78 is 5.87. The lowest BCUT2D eigenvalue weighted by molar-refractivity contribution is -0.135. The minimum absolute atomic E-state index is 0.0560. The molecule has 0 aromatic carbocycles. The van der Waals surface area contributed by atoms with Crippen molar-refractivity contribution in [3.8, 4) is 0 Å². The second-order valence-electron chi connectivity index (χ2n) is 6.39. The van der Waals surface area contributed by atoms with E-state index >= 15 is 0 Å². The summed E-state index contributed by atoms with van der Waals surface area (Å²) in [7, 11) is 0. The highest BCUT2D eigenvalue weighted by molar-refractivity contribution is 5.77. The molecule has 0 radical (unpaired) electrons. The van der Waals surface area contributed by atoms with Crippen molar-refractivity contribution in [3.63, 3.8) is 0 Å². The standard InChI is InChI=1S/C14H28N2O2/c1-13(2,3)16-12(17)10-18-14(11-15)8-6-4-5-7-9-14/h4-11,15H2,1-3H3,(H,16,17). The highest BCUT2D eigenvalue weighted by Crippen LogP contribution is 2.29. The Bertz CT molecular complexity index is 263. The number of rotatable bonds is 4. The maximum atomic E-state index is 11.8. The number of amides is 1. The predicted octanol–water partition coefficient (Wildman–Crippen LogP) is 1.97. The molecule has 0 bridgehead atoms. The van der Waals surface area contributed by atoms with Gasteiger partial charge in [0.15, 0.2) is 0 Å². The number of carbonyl (C=O) groups excluding carboxylic acids is 1. The van der Waals surface area contributed by atoms with Crippen LogP contribution in [0.4, 0.5) is 0 Å². The second-order valence-corrected chi connectivity index (χ2v) is 6.39. The predicted molar refractivity (Wildman–Crippen MR) is 73.3 cm³/mol. The second kappa shape index (κ2) is 6.53. The third kappa shape index (κ3) is 5.36. The summed E-state index contributed by atoms with van der Waals surface area (Å²) in [4.78, 5) is 11.8. The van der Waals surface area contributed by atoms with E-state index in [1.54, 1.807) is 0 Å². The van der Waals surface area contributed by atoms with Gasteiger partial charge in [0.2, 0.25) is 5.91 Å². The van der Waals surface area contributed by atoms with Crippen molar-refractivity contribution in [2.45, 2.75) is 70.4 Å². The van der Waals surface area contributed by atoms with Gasteiger partial charge in [0.25, 0.3) is 0 Å². The molecule has 1 aliphatic carbocycles. The molecule has 0 saturated heterocycles. The van der Waals surface area contributed by atoms with Gasteiger partial charge in [0, 0.05) is 12.1 Å². The molecule has 0 unspecified atom stereocenters. The van der Waals surface area contributed by atoms with Crippen molar-refractivity contribution < 1.29 is 9.53 Å². The summed E-state index contributed by atoms with van der Waals surface area (Å²) in [6.45, 7) is 6.53. The van der Waals surface area contributed by atoms with E-state index in [9.17, 15) is 4.79 Å². The van der Waals surface area contributed by atoms with Crippen LogP contribution < -0.4 is 11.1 Å². The van der Waals surface area contributed by atoms with Crippen LogP contribution in [0.3, 0.4) is 0 Å². The lowest BCUT2D eigenvalue weighted by atomic mass is 9.94. The Hall–Kier alpha value is -0.610. The third-order valence-corrected chi connectivity index (χ3v) is 3.41.